The van der Waals surface area contributed by atoms with Gasteiger partial charge in [0.2, 0.25) is 0 Å². The van der Waals surface area contributed by atoms with Gasteiger partial charge in [0.1, 0.15) is 11.5 Å². The third kappa shape index (κ3) is 10.9. The van der Waals surface area contributed by atoms with Gasteiger partial charge < -0.3 is 24.0 Å². The molecule has 0 aromatic heterocycles. The molecular weight excluding hydrogens is 705 g/mol. The van der Waals surface area contributed by atoms with Crippen LogP contribution in [-0.2, 0) is 16.0 Å². The van der Waals surface area contributed by atoms with Crippen LogP contribution in [-0.4, -0.2) is 25.8 Å². The average Bonchev–Trinajstić information content (AvgIpc) is 3.25. The number of benzene rings is 6. The van der Waals surface area contributed by atoms with Crippen molar-refractivity contribution in [3.05, 3.63) is 169 Å². The molecule has 0 amide bonds. The van der Waals surface area contributed by atoms with Crippen LogP contribution in [0.15, 0.2) is 164 Å². The highest BCUT2D eigenvalue weighted by Gasteiger charge is 2.18. The minimum absolute atomic E-state index is 0.334. The van der Waals surface area contributed by atoms with Gasteiger partial charge in [-0.05, 0) is 140 Å². The van der Waals surface area contributed by atoms with E-state index >= 15 is 0 Å². The van der Waals surface area contributed by atoms with E-state index in [0.29, 0.717) is 25.2 Å². The van der Waals surface area contributed by atoms with Gasteiger partial charge in [0, 0.05) is 39.7 Å². The van der Waals surface area contributed by atoms with E-state index in [0.717, 1.165) is 101 Å². The molecule has 0 aliphatic rings. The maximum Gasteiger partial charge on any atom is 0.333 e. The summed E-state index contributed by atoms with van der Waals surface area (Å²) >= 11 is 0. The van der Waals surface area contributed by atoms with Gasteiger partial charge in [-0.25, -0.2) is 4.79 Å². The molecule has 0 spiro atoms. The van der Waals surface area contributed by atoms with Crippen molar-refractivity contribution in [1.82, 2.24) is 0 Å². The summed E-state index contributed by atoms with van der Waals surface area (Å²) in [7, 11) is 0. The van der Waals surface area contributed by atoms with Gasteiger partial charge in [-0.15, -0.1) is 0 Å². The molecule has 0 radical (unpaired) electrons. The van der Waals surface area contributed by atoms with E-state index in [2.05, 4.69) is 164 Å². The van der Waals surface area contributed by atoms with E-state index in [1.165, 1.54) is 0 Å². The first kappa shape index (κ1) is 40.4. The third-order valence-corrected chi connectivity index (χ3v) is 9.73. The molecule has 0 atom stereocenters. The van der Waals surface area contributed by atoms with Crippen LogP contribution in [0.1, 0.15) is 58.4 Å². The summed E-state index contributed by atoms with van der Waals surface area (Å²) in [6.45, 7) is 11.5. The Morgan fingerprint density at radius 1 is 0.509 bits per heavy atom. The van der Waals surface area contributed by atoms with Crippen molar-refractivity contribution in [3.8, 4) is 22.6 Å². The lowest BCUT2D eigenvalue weighted by Gasteiger charge is -2.28. The number of carbonyl (C=O) groups excluding carboxylic acids is 1. The third-order valence-electron chi connectivity index (χ3n) is 9.73. The first-order valence-electron chi connectivity index (χ1n) is 20.2. The molecule has 0 bridgehead atoms. The Hall–Kier alpha value is -6.27. The van der Waals surface area contributed by atoms with Crippen molar-refractivity contribution in [3.63, 3.8) is 0 Å². The summed E-state index contributed by atoms with van der Waals surface area (Å²) in [5.41, 5.74) is 10.2. The Morgan fingerprint density at radius 2 is 0.947 bits per heavy atom. The molecule has 6 heteroatoms. The number of hydrogen-bond donors (Lipinski definition) is 0. The zero-order valence-electron chi connectivity index (χ0n) is 33.5. The molecule has 6 rings (SSSR count). The second-order valence-corrected chi connectivity index (χ2v) is 14.1. The van der Waals surface area contributed by atoms with Gasteiger partial charge >= 0.3 is 5.97 Å². The van der Waals surface area contributed by atoms with E-state index in [1.54, 1.807) is 6.92 Å². The summed E-state index contributed by atoms with van der Waals surface area (Å²) in [4.78, 5) is 16.6. The quantitative estimate of drug-likeness (QED) is 0.0439. The fraction of sp³-hybridized carbons (Fsp3) is 0.235. The Morgan fingerprint density at radius 3 is 1.44 bits per heavy atom. The topological polar surface area (TPSA) is 51.2 Å². The van der Waals surface area contributed by atoms with Gasteiger partial charge in [0.05, 0.1) is 19.8 Å². The van der Waals surface area contributed by atoms with Crippen LogP contribution in [0.3, 0.4) is 0 Å². The van der Waals surface area contributed by atoms with Crippen molar-refractivity contribution in [2.75, 3.05) is 29.6 Å². The second kappa shape index (κ2) is 20.6. The predicted octanol–water partition coefficient (Wildman–Crippen LogP) is 13.7. The Bertz CT molecular complexity index is 2150. The number of ether oxygens (including phenoxy) is 3. The number of unbranched alkanes of at least 4 members (excludes halogenated alkanes) is 2. The van der Waals surface area contributed by atoms with Gasteiger partial charge in [-0.2, -0.15) is 0 Å². The normalized spacial score (nSPS) is 10.8. The van der Waals surface area contributed by atoms with Gasteiger partial charge in [0.25, 0.3) is 0 Å². The largest absolute Gasteiger partial charge is 0.494 e. The molecule has 6 aromatic rings. The lowest BCUT2D eigenvalue weighted by atomic mass is 10.0. The lowest BCUT2D eigenvalue weighted by molar-refractivity contribution is -0.139. The molecule has 0 unspecified atom stereocenters. The first-order chi connectivity index (χ1) is 27.9. The molecule has 0 fully saturated rings. The molecule has 6 nitrogen and oxygen atoms in total. The van der Waals surface area contributed by atoms with Gasteiger partial charge in [0.15, 0.2) is 0 Å². The van der Waals surface area contributed by atoms with E-state index in [4.69, 9.17) is 14.2 Å². The Balaban J connectivity index is 1.26. The van der Waals surface area contributed by atoms with Crippen molar-refractivity contribution in [2.24, 2.45) is 0 Å². The number of esters is 1. The Labute approximate surface area is 339 Å². The SMILES string of the molecule is C=C(C)C(=O)OCCCc1ccccc1N(c1ccc(OCCCC)cc1)c1ccc(-c2ccc(N(c3ccccc3)c3ccc(OCCCC)cc3)cc2)cc1. The first-order valence-corrected chi connectivity index (χ1v) is 20.2. The number of nitrogens with zero attached hydrogens (tertiary/aromatic N) is 2. The van der Waals surface area contributed by atoms with Crippen LogP contribution < -0.4 is 19.3 Å². The van der Waals surface area contributed by atoms with Crippen molar-refractivity contribution in [1.29, 1.82) is 0 Å². The van der Waals surface area contributed by atoms with Gasteiger partial charge in [-0.3, -0.25) is 0 Å². The maximum absolute atomic E-state index is 12.0. The lowest BCUT2D eigenvalue weighted by Crippen LogP contribution is -2.13. The fourth-order valence-electron chi connectivity index (χ4n) is 6.60. The highest BCUT2D eigenvalue weighted by atomic mass is 16.5. The van der Waals surface area contributed by atoms with E-state index in [9.17, 15) is 4.79 Å². The monoisotopic (exact) mass is 758 g/mol. The predicted molar refractivity (Wildman–Crippen MR) is 236 cm³/mol. The molecule has 0 saturated heterocycles. The molecule has 0 aliphatic heterocycles. The minimum Gasteiger partial charge on any atom is -0.494 e. The molecular formula is C51H54N2O4. The zero-order chi connectivity index (χ0) is 39.8. The second-order valence-electron chi connectivity index (χ2n) is 14.1. The highest BCUT2D eigenvalue weighted by molar-refractivity contribution is 5.87. The minimum atomic E-state index is -0.354. The van der Waals surface area contributed by atoms with Crippen LogP contribution in [0.25, 0.3) is 11.1 Å². The van der Waals surface area contributed by atoms with Gasteiger partial charge in [-0.1, -0.05) is 93.9 Å². The van der Waals surface area contributed by atoms with E-state index < -0.39 is 0 Å². The van der Waals surface area contributed by atoms with E-state index in [-0.39, 0.29) is 5.97 Å². The van der Waals surface area contributed by atoms with Crippen LogP contribution in [0.5, 0.6) is 11.5 Å². The van der Waals surface area contributed by atoms with Crippen molar-refractivity contribution < 1.29 is 19.0 Å². The molecule has 0 aliphatic carbocycles. The van der Waals surface area contributed by atoms with Crippen LogP contribution in [0.4, 0.5) is 34.1 Å². The fourth-order valence-corrected chi connectivity index (χ4v) is 6.60. The number of anilines is 6. The summed E-state index contributed by atoms with van der Waals surface area (Å²) in [5.74, 6) is 1.39. The number of para-hydroxylation sites is 2. The standard InChI is InChI=1S/C51H54N2O4/c1-5-7-36-55-48-32-28-45(29-33-48)52(43-17-10-9-11-18-43)44-24-20-40(21-25-44)41-22-26-46(27-23-41)53(47-30-34-49(35-31-47)56-37-8-6-2)50-19-13-12-15-42(50)16-14-38-57-51(54)39(3)4/h9-13,15,17-35H,3,5-8,14,16,36-38H2,1-2,4H3. The number of carbonyl (C=O) groups is 1. The maximum atomic E-state index is 12.0. The summed E-state index contributed by atoms with van der Waals surface area (Å²) in [6, 6.07) is 53.0. The molecule has 6 aromatic carbocycles. The van der Waals surface area contributed by atoms with Crippen LogP contribution in [0.2, 0.25) is 0 Å². The molecule has 0 heterocycles. The van der Waals surface area contributed by atoms with Crippen molar-refractivity contribution in [2.45, 2.75) is 59.3 Å². The molecule has 57 heavy (non-hydrogen) atoms. The summed E-state index contributed by atoms with van der Waals surface area (Å²) < 4.78 is 17.4. The number of aryl methyl sites for hydroxylation is 1. The number of rotatable bonds is 20. The van der Waals surface area contributed by atoms with Crippen LogP contribution in [0, 0.1) is 0 Å². The molecule has 0 N–H and O–H groups in total. The van der Waals surface area contributed by atoms with E-state index in [1.807, 2.05) is 18.2 Å². The van der Waals surface area contributed by atoms with Crippen LogP contribution >= 0.6 is 0 Å². The molecule has 0 saturated carbocycles. The smallest absolute Gasteiger partial charge is 0.333 e. The summed E-state index contributed by atoms with van der Waals surface area (Å²) in [6.07, 6.45) is 5.70. The highest BCUT2D eigenvalue weighted by Crippen LogP contribution is 2.40. The Kier molecular flexibility index (Phi) is 14.6. The van der Waals surface area contributed by atoms with Crippen molar-refractivity contribution >= 4 is 40.1 Å². The summed E-state index contributed by atoms with van der Waals surface area (Å²) in [5, 5.41) is 0. The molecule has 292 valence electrons. The number of hydrogen-bond acceptors (Lipinski definition) is 6. The average molecular weight is 759 g/mol. The zero-order valence-corrected chi connectivity index (χ0v) is 33.5.